The number of hydrogen-bond donors (Lipinski definition) is 1. The summed E-state index contributed by atoms with van der Waals surface area (Å²) in [7, 11) is -1.57. The predicted molar refractivity (Wildman–Crippen MR) is 101 cm³/mol. The second-order valence-electron chi connectivity index (χ2n) is 6.13. The number of ether oxygens (including phenoxy) is 1. The molecule has 1 atom stereocenters. The van der Waals surface area contributed by atoms with Gasteiger partial charge in [-0.05, 0) is 31.2 Å². The molecule has 2 aromatic carbocycles. The van der Waals surface area contributed by atoms with Gasteiger partial charge in [0.15, 0.2) is 6.10 Å². The summed E-state index contributed by atoms with van der Waals surface area (Å²) in [6.07, 6.45) is -4.47. The van der Waals surface area contributed by atoms with Crippen molar-refractivity contribution in [2.75, 3.05) is 11.6 Å². The monoisotopic (exact) mass is 445 g/mol. The molecule has 160 valence electrons. The SMILES string of the molecule is C[C@H](Oc1cc(F)ccc1Nc1ncnc2cc(N=[S-](C)=O)cc(F)c12)C(F)(F)F. The van der Waals surface area contributed by atoms with Gasteiger partial charge in [-0.15, -0.1) is 6.26 Å². The molecule has 1 N–H and O–H groups in total. The summed E-state index contributed by atoms with van der Waals surface area (Å²) >= 11 is 0. The van der Waals surface area contributed by atoms with Gasteiger partial charge in [0.05, 0.1) is 16.6 Å². The van der Waals surface area contributed by atoms with Gasteiger partial charge in [-0.1, -0.05) is 0 Å². The Labute approximate surface area is 169 Å². The fraction of sp³-hybridized carbons (Fsp3) is 0.222. The summed E-state index contributed by atoms with van der Waals surface area (Å²) in [5, 5.41) is 2.57. The summed E-state index contributed by atoms with van der Waals surface area (Å²) < 4.78 is 86.6. The van der Waals surface area contributed by atoms with Crippen LogP contribution in [-0.4, -0.2) is 28.5 Å². The van der Waals surface area contributed by atoms with E-state index >= 15 is 0 Å². The van der Waals surface area contributed by atoms with Crippen LogP contribution in [0.3, 0.4) is 0 Å². The number of aromatic nitrogens is 2. The molecule has 3 aromatic rings. The molecule has 0 saturated carbocycles. The second kappa shape index (κ2) is 8.38. The summed E-state index contributed by atoms with van der Waals surface area (Å²) in [6, 6.07) is 5.31. The molecule has 0 unspecified atom stereocenters. The van der Waals surface area contributed by atoms with Gasteiger partial charge in [-0.25, -0.2) is 18.7 Å². The molecule has 0 bridgehead atoms. The first kappa shape index (κ1) is 21.7. The molecule has 0 aliphatic carbocycles. The van der Waals surface area contributed by atoms with E-state index in [0.29, 0.717) is 0 Å². The van der Waals surface area contributed by atoms with Crippen molar-refractivity contribution in [1.82, 2.24) is 9.97 Å². The van der Waals surface area contributed by atoms with Gasteiger partial charge >= 0.3 is 6.18 Å². The maximum Gasteiger partial charge on any atom is 0.425 e. The Hall–Kier alpha value is -3.02. The predicted octanol–water partition coefficient (Wildman–Crippen LogP) is 5.39. The average Bonchev–Trinajstić information content (AvgIpc) is 2.62. The Balaban J connectivity index is 2.05. The number of nitrogens with zero attached hydrogens (tertiary/aromatic N) is 3. The van der Waals surface area contributed by atoms with Crippen LogP contribution in [0.25, 0.3) is 10.9 Å². The average molecular weight is 445 g/mol. The Morgan fingerprint density at radius 1 is 1.17 bits per heavy atom. The molecule has 0 amide bonds. The minimum absolute atomic E-state index is 0.0599. The Kier molecular flexibility index (Phi) is 6.06. The molecule has 0 radical (unpaired) electrons. The van der Waals surface area contributed by atoms with Gasteiger partial charge in [0.25, 0.3) is 0 Å². The fourth-order valence-electron chi connectivity index (χ4n) is 2.51. The Bertz CT molecular complexity index is 1180. The van der Waals surface area contributed by atoms with Crippen LogP contribution in [0.1, 0.15) is 6.92 Å². The van der Waals surface area contributed by atoms with E-state index in [2.05, 4.69) is 19.6 Å². The molecule has 0 aliphatic rings. The number of fused-ring (bicyclic) bond motifs is 1. The summed E-state index contributed by atoms with van der Waals surface area (Å²) in [5.41, 5.74) is 0.149. The van der Waals surface area contributed by atoms with Crippen molar-refractivity contribution in [2.45, 2.75) is 19.2 Å². The third-order valence-corrected chi connectivity index (χ3v) is 4.34. The first-order valence-electron chi connectivity index (χ1n) is 8.34. The van der Waals surface area contributed by atoms with Crippen molar-refractivity contribution in [2.24, 2.45) is 4.36 Å². The summed E-state index contributed by atoms with van der Waals surface area (Å²) in [4.78, 5) is 7.86. The lowest BCUT2D eigenvalue weighted by Crippen LogP contribution is -2.31. The molecule has 1 aromatic heterocycles. The first-order chi connectivity index (χ1) is 14.0. The highest BCUT2D eigenvalue weighted by molar-refractivity contribution is 7.74. The molecule has 1 heterocycles. The largest absolute Gasteiger partial charge is 0.479 e. The maximum atomic E-state index is 14.7. The maximum absolute atomic E-state index is 14.7. The van der Waals surface area contributed by atoms with Crippen LogP contribution in [0.5, 0.6) is 5.75 Å². The van der Waals surface area contributed by atoms with E-state index in [0.717, 1.165) is 37.5 Å². The van der Waals surface area contributed by atoms with Gasteiger partial charge in [-0.3, -0.25) is 0 Å². The van der Waals surface area contributed by atoms with E-state index in [4.69, 9.17) is 4.74 Å². The van der Waals surface area contributed by atoms with Crippen LogP contribution >= 0.6 is 0 Å². The molecule has 30 heavy (non-hydrogen) atoms. The van der Waals surface area contributed by atoms with Gasteiger partial charge in [0, 0.05) is 11.8 Å². The molecule has 3 rings (SSSR count). The Morgan fingerprint density at radius 2 is 1.90 bits per heavy atom. The van der Waals surface area contributed by atoms with Crippen molar-refractivity contribution in [3.8, 4) is 5.75 Å². The van der Waals surface area contributed by atoms with Crippen LogP contribution < -0.4 is 10.1 Å². The number of halogens is 5. The number of rotatable bonds is 5. The smallest absolute Gasteiger partial charge is 0.425 e. The van der Waals surface area contributed by atoms with E-state index in [9.17, 15) is 26.2 Å². The van der Waals surface area contributed by atoms with Crippen molar-refractivity contribution in [3.63, 3.8) is 0 Å². The molecule has 12 heteroatoms. The molecular formula is C18H14F5N4O2S-. The Morgan fingerprint density at radius 3 is 2.57 bits per heavy atom. The van der Waals surface area contributed by atoms with Gasteiger partial charge in [-0.2, -0.15) is 23.8 Å². The fourth-order valence-corrected chi connectivity index (χ4v) is 2.91. The molecule has 0 aliphatic heterocycles. The number of benzene rings is 2. The van der Waals surface area contributed by atoms with E-state index < -0.39 is 40.3 Å². The second-order valence-corrected chi connectivity index (χ2v) is 7.16. The number of hydrogen-bond acceptors (Lipinski definition) is 7. The topological polar surface area (TPSA) is 76.5 Å². The normalized spacial score (nSPS) is 14.0. The highest BCUT2D eigenvalue weighted by Gasteiger charge is 2.38. The lowest BCUT2D eigenvalue weighted by atomic mass is 10.2. The minimum Gasteiger partial charge on any atom is -0.479 e. The van der Waals surface area contributed by atoms with Gasteiger partial charge in [0.1, 0.15) is 29.5 Å². The standard InChI is InChI=1S/C18H14F5N4O2S/c1-9(18(21,22)23)29-15-5-10(19)3-4-13(15)26-17-16-12(20)6-11(27-30(2)28)7-14(16)24-8-25-17/h3-9H,1-2H3,(H,24,25,26)/q-1/t9-/m0/s1. The highest BCUT2D eigenvalue weighted by Crippen LogP contribution is 2.35. The third-order valence-electron chi connectivity index (χ3n) is 3.87. The van der Waals surface area contributed by atoms with Crippen LogP contribution in [0, 0.1) is 11.6 Å². The van der Waals surface area contributed by atoms with Crippen LogP contribution in [0.2, 0.25) is 0 Å². The van der Waals surface area contributed by atoms with Crippen LogP contribution in [0.4, 0.5) is 39.1 Å². The molecule has 0 fully saturated rings. The molecule has 0 spiro atoms. The number of nitrogens with one attached hydrogen (secondary N) is 1. The van der Waals surface area contributed by atoms with E-state index in [1.165, 1.54) is 12.3 Å². The zero-order chi connectivity index (χ0) is 22.1. The van der Waals surface area contributed by atoms with E-state index in [-0.39, 0.29) is 28.1 Å². The molecule has 0 saturated heterocycles. The quantitative estimate of drug-likeness (QED) is 0.421. The number of anilines is 2. The first-order valence-corrected chi connectivity index (χ1v) is 9.85. The van der Waals surface area contributed by atoms with Crippen LogP contribution in [-0.2, 0) is 14.8 Å². The van der Waals surface area contributed by atoms with Gasteiger partial charge in [0.2, 0.25) is 0 Å². The third kappa shape index (κ3) is 4.93. The zero-order valence-electron chi connectivity index (χ0n) is 15.5. The van der Waals surface area contributed by atoms with E-state index in [1.807, 2.05) is 0 Å². The van der Waals surface area contributed by atoms with Crippen molar-refractivity contribution in [3.05, 3.63) is 48.3 Å². The lowest BCUT2D eigenvalue weighted by molar-refractivity contribution is -0.189. The number of alkyl halides is 3. The van der Waals surface area contributed by atoms with Crippen LogP contribution in [0.15, 0.2) is 41.0 Å². The summed E-state index contributed by atoms with van der Waals surface area (Å²) in [6.45, 7) is 0.775. The lowest BCUT2D eigenvalue weighted by Gasteiger charge is -2.20. The highest BCUT2D eigenvalue weighted by atomic mass is 32.2. The van der Waals surface area contributed by atoms with E-state index in [1.54, 1.807) is 0 Å². The molecule has 6 nitrogen and oxygen atoms in total. The zero-order valence-corrected chi connectivity index (χ0v) is 16.3. The van der Waals surface area contributed by atoms with Crippen molar-refractivity contribution in [1.29, 1.82) is 0 Å². The minimum atomic E-state index is -4.67. The molecular weight excluding hydrogens is 431 g/mol. The van der Waals surface area contributed by atoms with Crippen molar-refractivity contribution >= 4 is 38.7 Å². The van der Waals surface area contributed by atoms with Crippen molar-refractivity contribution < 1.29 is 30.9 Å². The van der Waals surface area contributed by atoms with Gasteiger partial charge < -0.3 is 18.6 Å². The summed E-state index contributed by atoms with van der Waals surface area (Å²) in [5.74, 6) is -2.13.